The SMILES string of the molecule is COC(=O)c1cc2c(Oc3cccc(Cl)c3)cncc2s1. The third kappa shape index (κ3) is 2.84. The van der Waals surface area contributed by atoms with E-state index in [1.165, 1.54) is 18.4 Å². The summed E-state index contributed by atoms with van der Waals surface area (Å²) in [6.07, 6.45) is 3.30. The van der Waals surface area contributed by atoms with Crippen LogP contribution in [0.25, 0.3) is 10.1 Å². The average molecular weight is 320 g/mol. The van der Waals surface area contributed by atoms with Gasteiger partial charge in [0.1, 0.15) is 10.6 Å². The lowest BCUT2D eigenvalue weighted by molar-refractivity contribution is 0.0606. The quantitative estimate of drug-likeness (QED) is 0.665. The second-order valence-corrected chi connectivity index (χ2v) is 5.73. The maximum atomic E-state index is 11.6. The minimum Gasteiger partial charge on any atom is -0.465 e. The molecule has 3 aromatic rings. The molecule has 4 nitrogen and oxygen atoms in total. The third-order valence-corrected chi connectivity index (χ3v) is 4.11. The van der Waals surface area contributed by atoms with Crippen LogP contribution in [0.15, 0.2) is 42.7 Å². The second-order valence-electron chi connectivity index (χ2n) is 4.21. The van der Waals surface area contributed by atoms with E-state index in [4.69, 9.17) is 21.1 Å². The van der Waals surface area contributed by atoms with Crippen LogP contribution >= 0.6 is 22.9 Å². The monoisotopic (exact) mass is 319 g/mol. The summed E-state index contributed by atoms with van der Waals surface area (Å²) in [5.41, 5.74) is 0. The van der Waals surface area contributed by atoms with Gasteiger partial charge in [0.2, 0.25) is 0 Å². The molecule has 0 saturated heterocycles. The highest BCUT2D eigenvalue weighted by atomic mass is 35.5. The van der Waals surface area contributed by atoms with Crippen LogP contribution in [-0.2, 0) is 4.74 Å². The first-order valence-corrected chi connectivity index (χ1v) is 7.26. The van der Waals surface area contributed by atoms with Crippen molar-refractivity contribution in [2.24, 2.45) is 0 Å². The molecule has 21 heavy (non-hydrogen) atoms. The molecule has 3 rings (SSSR count). The van der Waals surface area contributed by atoms with Gasteiger partial charge in [0.25, 0.3) is 0 Å². The minimum absolute atomic E-state index is 0.370. The summed E-state index contributed by atoms with van der Waals surface area (Å²) in [5, 5.41) is 1.41. The highest BCUT2D eigenvalue weighted by Crippen LogP contribution is 2.35. The molecule has 0 aliphatic rings. The number of fused-ring (bicyclic) bond motifs is 1. The zero-order valence-electron chi connectivity index (χ0n) is 11.0. The fourth-order valence-electron chi connectivity index (χ4n) is 1.88. The standard InChI is InChI=1S/C15H10ClNO3S/c1-19-15(18)13-6-11-12(7-17-8-14(11)21-13)20-10-4-2-3-9(16)5-10/h2-8H,1H3. The number of ether oxygens (including phenoxy) is 2. The van der Waals surface area contributed by atoms with Crippen molar-refractivity contribution in [2.45, 2.75) is 0 Å². The molecule has 1 aromatic carbocycles. The summed E-state index contributed by atoms with van der Waals surface area (Å²) < 4.78 is 11.4. The van der Waals surface area contributed by atoms with Gasteiger partial charge < -0.3 is 9.47 Å². The zero-order chi connectivity index (χ0) is 14.8. The van der Waals surface area contributed by atoms with Crippen LogP contribution in [0.1, 0.15) is 9.67 Å². The maximum Gasteiger partial charge on any atom is 0.348 e. The van der Waals surface area contributed by atoms with E-state index >= 15 is 0 Å². The number of hydrogen-bond donors (Lipinski definition) is 0. The van der Waals surface area contributed by atoms with Gasteiger partial charge in [-0.2, -0.15) is 0 Å². The number of aromatic nitrogens is 1. The number of pyridine rings is 1. The van der Waals surface area contributed by atoms with Gasteiger partial charge in [0.05, 0.1) is 18.0 Å². The predicted octanol–water partition coefficient (Wildman–Crippen LogP) is 4.53. The van der Waals surface area contributed by atoms with Crippen LogP contribution in [-0.4, -0.2) is 18.1 Å². The van der Waals surface area contributed by atoms with Crippen LogP contribution in [0.4, 0.5) is 0 Å². The Morgan fingerprint density at radius 2 is 2.14 bits per heavy atom. The molecule has 0 aliphatic carbocycles. The first kappa shape index (κ1) is 13.9. The van der Waals surface area contributed by atoms with Gasteiger partial charge in [0, 0.05) is 16.6 Å². The number of hydrogen-bond acceptors (Lipinski definition) is 5. The predicted molar refractivity (Wildman–Crippen MR) is 82.5 cm³/mol. The molecule has 0 atom stereocenters. The van der Waals surface area contributed by atoms with Gasteiger partial charge >= 0.3 is 5.97 Å². The fraction of sp³-hybridized carbons (Fsp3) is 0.0667. The molecule has 0 fully saturated rings. The van der Waals surface area contributed by atoms with E-state index in [0.29, 0.717) is 21.4 Å². The molecule has 0 aliphatic heterocycles. The van der Waals surface area contributed by atoms with Gasteiger partial charge in [0.15, 0.2) is 5.75 Å². The maximum absolute atomic E-state index is 11.6. The number of methoxy groups -OCH3 is 1. The number of nitrogens with zero attached hydrogens (tertiary/aromatic N) is 1. The van der Waals surface area contributed by atoms with Crippen LogP contribution in [0.2, 0.25) is 5.02 Å². The summed E-state index contributed by atoms with van der Waals surface area (Å²) in [4.78, 5) is 16.2. The smallest absolute Gasteiger partial charge is 0.348 e. The van der Waals surface area contributed by atoms with E-state index in [0.717, 1.165) is 10.1 Å². The molecule has 0 radical (unpaired) electrons. The van der Waals surface area contributed by atoms with E-state index < -0.39 is 0 Å². The normalized spacial score (nSPS) is 10.6. The van der Waals surface area contributed by atoms with Crippen molar-refractivity contribution >= 4 is 39.0 Å². The van der Waals surface area contributed by atoms with Gasteiger partial charge in [-0.15, -0.1) is 11.3 Å². The van der Waals surface area contributed by atoms with Gasteiger partial charge in [-0.3, -0.25) is 4.98 Å². The molecule has 0 spiro atoms. The Morgan fingerprint density at radius 1 is 1.29 bits per heavy atom. The van der Waals surface area contributed by atoms with Crippen molar-refractivity contribution < 1.29 is 14.3 Å². The molecule has 0 N–H and O–H groups in total. The summed E-state index contributed by atoms with van der Waals surface area (Å²) >= 11 is 7.25. The third-order valence-electron chi connectivity index (χ3n) is 2.82. The largest absolute Gasteiger partial charge is 0.465 e. The Morgan fingerprint density at radius 3 is 2.90 bits per heavy atom. The highest BCUT2D eigenvalue weighted by Gasteiger charge is 2.14. The van der Waals surface area contributed by atoms with E-state index in [9.17, 15) is 4.79 Å². The molecular formula is C15H10ClNO3S. The van der Waals surface area contributed by atoms with E-state index in [-0.39, 0.29) is 5.97 Å². The van der Waals surface area contributed by atoms with E-state index in [1.54, 1.807) is 42.7 Å². The van der Waals surface area contributed by atoms with Crippen molar-refractivity contribution in [1.82, 2.24) is 4.98 Å². The number of carbonyl (C=O) groups is 1. The lowest BCUT2D eigenvalue weighted by atomic mass is 10.3. The summed E-state index contributed by atoms with van der Waals surface area (Å²) in [6, 6.07) is 8.84. The van der Waals surface area contributed by atoms with E-state index in [1.807, 2.05) is 0 Å². The van der Waals surface area contributed by atoms with Crippen LogP contribution in [0.5, 0.6) is 11.5 Å². The Bertz CT molecular complexity index is 816. The highest BCUT2D eigenvalue weighted by molar-refractivity contribution is 7.20. The molecule has 2 heterocycles. The van der Waals surface area contributed by atoms with Crippen molar-refractivity contribution in [1.29, 1.82) is 0 Å². The van der Waals surface area contributed by atoms with Crippen molar-refractivity contribution in [2.75, 3.05) is 7.11 Å². The van der Waals surface area contributed by atoms with Gasteiger partial charge in [-0.05, 0) is 24.3 Å². The van der Waals surface area contributed by atoms with Crippen molar-refractivity contribution in [3.63, 3.8) is 0 Å². The Kier molecular flexibility index (Phi) is 3.77. The molecule has 6 heteroatoms. The molecule has 0 unspecified atom stereocenters. The van der Waals surface area contributed by atoms with Crippen LogP contribution in [0, 0.1) is 0 Å². The number of benzene rings is 1. The molecule has 0 bridgehead atoms. The molecule has 0 amide bonds. The molecule has 2 aromatic heterocycles. The van der Waals surface area contributed by atoms with Crippen molar-refractivity contribution in [3.05, 3.63) is 52.6 Å². The average Bonchev–Trinajstić information content (AvgIpc) is 2.92. The number of carbonyl (C=O) groups excluding carboxylic acids is 1. The Balaban J connectivity index is 2.02. The summed E-state index contributed by atoms with van der Waals surface area (Å²) in [7, 11) is 1.36. The lowest BCUT2D eigenvalue weighted by Crippen LogP contribution is -1.96. The zero-order valence-corrected chi connectivity index (χ0v) is 12.6. The number of halogens is 1. The van der Waals surface area contributed by atoms with Crippen LogP contribution < -0.4 is 4.74 Å². The number of thiophene rings is 1. The van der Waals surface area contributed by atoms with Gasteiger partial charge in [-0.1, -0.05) is 17.7 Å². The molecular weight excluding hydrogens is 310 g/mol. The lowest BCUT2D eigenvalue weighted by Gasteiger charge is -2.06. The van der Waals surface area contributed by atoms with E-state index in [2.05, 4.69) is 4.98 Å². The number of rotatable bonds is 3. The summed E-state index contributed by atoms with van der Waals surface area (Å²) in [5.74, 6) is 0.814. The fourth-order valence-corrected chi connectivity index (χ4v) is 3.02. The topological polar surface area (TPSA) is 48.4 Å². The molecule has 106 valence electrons. The van der Waals surface area contributed by atoms with Crippen molar-refractivity contribution in [3.8, 4) is 11.5 Å². The van der Waals surface area contributed by atoms with Gasteiger partial charge in [-0.25, -0.2) is 4.79 Å². The molecule has 0 saturated carbocycles. The Labute approximate surface area is 129 Å². The first-order valence-electron chi connectivity index (χ1n) is 6.06. The number of esters is 1. The van der Waals surface area contributed by atoms with Crippen LogP contribution in [0.3, 0.4) is 0 Å². The second kappa shape index (κ2) is 5.71. The minimum atomic E-state index is -0.370. The Hall–Kier alpha value is -2.11. The summed E-state index contributed by atoms with van der Waals surface area (Å²) in [6.45, 7) is 0. The first-order chi connectivity index (χ1) is 10.2.